The fraction of sp³-hybridized carbons (Fsp3) is 0.976. The van der Waals surface area contributed by atoms with Crippen LogP contribution in [0, 0.1) is 0 Å². The summed E-state index contributed by atoms with van der Waals surface area (Å²) < 4.78 is 39.0. The molecule has 0 aromatic carbocycles. The molecule has 0 unspecified atom stereocenters. The lowest BCUT2D eigenvalue weighted by Crippen LogP contribution is -2.59. The Hall–Kier alpha value is -1.25. The monoisotopic (exact) mass is 888 g/mol. The molecule has 3 saturated heterocycles. The lowest BCUT2D eigenvalue weighted by Gasteiger charge is -2.41. The molecule has 0 spiro atoms. The van der Waals surface area contributed by atoms with Gasteiger partial charge in [0, 0.05) is 0 Å². The normalized spacial score (nSPS) is 36.1. The van der Waals surface area contributed by atoms with Gasteiger partial charge in [0.05, 0.1) is 51.7 Å². The zero-order valence-electron chi connectivity index (χ0n) is 35.7. The van der Waals surface area contributed by atoms with E-state index in [4.69, 9.17) is 33.2 Å². The van der Waals surface area contributed by atoms with Gasteiger partial charge in [-0.3, -0.25) is 4.79 Å². The second-order valence-corrected chi connectivity index (χ2v) is 16.7. The van der Waals surface area contributed by atoms with E-state index in [9.17, 15) is 66.1 Å². The molecule has 3 rings (SSSR count). The summed E-state index contributed by atoms with van der Waals surface area (Å²) in [5.41, 5.74) is 0. The predicted octanol–water partition coefficient (Wildman–Crippen LogP) is -1.63. The van der Waals surface area contributed by atoms with E-state index in [0.717, 1.165) is 77.0 Å². The number of aliphatic hydroxyl groups is 12. The molecular weight excluding hydrogens is 812 g/mol. The molecule has 61 heavy (non-hydrogen) atoms. The van der Waals surface area contributed by atoms with Crippen molar-refractivity contribution in [3.05, 3.63) is 0 Å². The minimum absolute atomic E-state index is 0.0915. The Kier molecular flexibility index (Phi) is 25.4. The molecule has 360 valence electrons. The van der Waals surface area contributed by atoms with Crippen LogP contribution in [0.15, 0.2) is 0 Å². The van der Waals surface area contributed by atoms with E-state index in [1.54, 1.807) is 6.92 Å². The number of hydrogen-bond donors (Lipinski definition) is 12. The Morgan fingerprint density at radius 3 is 1.13 bits per heavy atom. The van der Waals surface area contributed by atoms with Crippen LogP contribution in [0.5, 0.6) is 0 Å². The van der Waals surface area contributed by atoms with Crippen molar-refractivity contribution in [3.8, 4) is 0 Å². The number of unbranched alkanes of at least 4 members (excludes halogenated alkanes) is 10. The van der Waals surface area contributed by atoms with E-state index in [2.05, 4.69) is 0 Å². The van der Waals surface area contributed by atoms with E-state index >= 15 is 0 Å². The van der Waals surface area contributed by atoms with Gasteiger partial charge >= 0.3 is 5.97 Å². The third-order valence-electron chi connectivity index (χ3n) is 11.9. The third-order valence-corrected chi connectivity index (χ3v) is 11.9. The highest BCUT2D eigenvalue weighted by molar-refractivity contribution is 5.69. The van der Waals surface area contributed by atoms with E-state index in [-0.39, 0.29) is 18.6 Å². The number of methoxy groups -OCH3 is 1. The van der Waals surface area contributed by atoms with Crippen molar-refractivity contribution in [2.75, 3.05) is 26.9 Å². The molecule has 3 aliphatic heterocycles. The van der Waals surface area contributed by atoms with Crippen LogP contribution < -0.4 is 0 Å². The van der Waals surface area contributed by atoms with Gasteiger partial charge in [-0.25, -0.2) is 0 Å². The van der Waals surface area contributed by atoms with E-state index in [1.807, 2.05) is 0 Å². The molecule has 20 nitrogen and oxygen atoms in total. The van der Waals surface area contributed by atoms with Gasteiger partial charge < -0.3 is 94.4 Å². The first-order valence-electron chi connectivity index (χ1n) is 22.1. The van der Waals surface area contributed by atoms with Crippen LogP contribution in [-0.4, -0.2) is 205 Å². The van der Waals surface area contributed by atoms with E-state index in [0.29, 0.717) is 25.7 Å². The summed E-state index contributed by atoms with van der Waals surface area (Å²) >= 11 is 0. The standard InChI is InChI=1S/C41H76O20/c1-23(56-39-36(52)33(49)30(46)26(20-42)59-39)15-11-10-14-17-24(57-40-37(53)34(50)31(47)27(21-43)60-40)16-12-8-6-4-3-5-7-9-13-18-25(19-29(45)55-2)58-41-38(54)35(51)32(48)28(22-44)61-41/h23-28,30-44,46-54H,3-22H2,1-2H3/t23-,24-,25+,26-,27+,28+,30-,31+,32-,33+,34-,35+,36-,37-,38-,39-,40+,41+/m0/s1. The van der Waals surface area contributed by atoms with Crippen molar-refractivity contribution in [2.45, 2.75) is 227 Å². The second-order valence-electron chi connectivity index (χ2n) is 16.7. The minimum atomic E-state index is -1.58. The number of esters is 1. The molecule has 0 saturated carbocycles. The van der Waals surface area contributed by atoms with Crippen LogP contribution in [0.1, 0.15) is 116 Å². The maximum absolute atomic E-state index is 12.0. The lowest BCUT2D eigenvalue weighted by atomic mass is 9.98. The largest absolute Gasteiger partial charge is 0.469 e. The molecule has 0 aromatic rings. The van der Waals surface area contributed by atoms with Crippen LogP contribution in [0.2, 0.25) is 0 Å². The van der Waals surface area contributed by atoms with Crippen LogP contribution in [-0.2, 0) is 38.0 Å². The van der Waals surface area contributed by atoms with Gasteiger partial charge in [-0.15, -0.1) is 0 Å². The molecule has 0 amide bonds. The molecule has 3 aliphatic rings. The average Bonchev–Trinajstić information content (AvgIpc) is 3.25. The van der Waals surface area contributed by atoms with Crippen LogP contribution in [0.4, 0.5) is 0 Å². The molecule has 18 atom stereocenters. The molecule has 3 heterocycles. The SMILES string of the molecule is COC(=O)C[C@@H](CCCCCCCCCCC[C@@H](CCCCC[C@H](C)O[C@H]1O[C@@H](CO)[C@H](O)[C@@H](O)[C@@H]1O)O[C@@H]1O[C@H](CO)[C@@H](O)[C@H](O)[C@@H]1O)O[C@@H]1O[C@H](CO)[C@H](O)[C@@H](O)[C@@H]1O. The van der Waals surface area contributed by atoms with Crippen molar-refractivity contribution in [1.29, 1.82) is 0 Å². The molecular formula is C41H76O20. The van der Waals surface area contributed by atoms with Gasteiger partial charge in [-0.2, -0.15) is 0 Å². The van der Waals surface area contributed by atoms with Crippen LogP contribution in [0.3, 0.4) is 0 Å². The fourth-order valence-corrected chi connectivity index (χ4v) is 7.95. The second kappa shape index (κ2) is 28.6. The topological polar surface area (TPSA) is 324 Å². The molecule has 3 fully saturated rings. The van der Waals surface area contributed by atoms with E-state index < -0.39 is 124 Å². The van der Waals surface area contributed by atoms with Gasteiger partial charge in [0.15, 0.2) is 18.9 Å². The highest BCUT2D eigenvalue weighted by atomic mass is 16.7. The number of carbonyl (C=O) groups is 1. The number of aliphatic hydroxyl groups excluding tert-OH is 12. The quantitative estimate of drug-likeness (QED) is 0.0296. The summed E-state index contributed by atoms with van der Waals surface area (Å²) in [7, 11) is 1.26. The minimum Gasteiger partial charge on any atom is -0.469 e. The van der Waals surface area contributed by atoms with Gasteiger partial charge in [-0.05, 0) is 32.6 Å². The van der Waals surface area contributed by atoms with Crippen LogP contribution in [0.25, 0.3) is 0 Å². The summed E-state index contributed by atoms with van der Waals surface area (Å²) in [4.78, 5) is 12.0. The van der Waals surface area contributed by atoms with E-state index in [1.165, 1.54) is 7.11 Å². The molecule has 0 aromatic heterocycles. The number of hydrogen-bond acceptors (Lipinski definition) is 20. The smallest absolute Gasteiger partial charge is 0.308 e. The first-order chi connectivity index (χ1) is 29.2. The van der Waals surface area contributed by atoms with Crippen molar-refractivity contribution >= 4 is 5.97 Å². The number of carbonyl (C=O) groups excluding carboxylic acids is 1. The first-order valence-corrected chi connectivity index (χ1v) is 22.1. The molecule has 0 bridgehead atoms. The molecule has 12 N–H and O–H groups in total. The van der Waals surface area contributed by atoms with Gasteiger partial charge in [0.25, 0.3) is 0 Å². The molecule has 0 radical (unpaired) electrons. The predicted molar refractivity (Wildman–Crippen MR) is 212 cm³/mol. The fourth-order valence-electron chi connectivity index (χ4n) is 7.95. The zero-order valence-corrected chi connectivity index (χ0v) is 35.7. The Balaban J connectivity index is 1.37. The van der Waals surface area contributed by atoms with Crippen molar-refractivity contribution < 1.29 is 99.2 Å². The van der Waals surface area contributed by atoms with Crippen molar-refractivity contribution in [2.24, 2.45) is 0 Å². The highest BCUT2D eigenvalue weighted by Gasteiger charge is 2.47. The summed E-state index contributed by atoms with van der Waals surface area (Å²) in [6.45, 7) is 0.103. The number of ether oxygens (including phenoxy) is 7. The summed E-state index contributed by atoms with van der Waals surface area (Å²) in [5.74, 6) is -0.507. The first kappa shape index (κ1) is 54.1. The van der Waals surface area contributed by atoms with Crippen molar-refractivity contribution in [3.63, 3.8) is 0 Å². The lowest BCUT2D eigenvalue weighted by molar-refractivity contribution is -0.312. The summed E-state index contributed by atoms with van der Waals surface area (Å²) in [5, 5.41) is 120. The highest BCUT2D eigenvalue weighted by Crippen LogP contribution is 2.29. The Labute approximate surface area is 358 Å². The maximum atomic E-state index is 12.0. The van der Waals surface area contributed by atoms with Crippen molar-refractivity contribution in [1.82, 2.24) is 0 Å². The molecule has 0 aliphatic carbocycles. The summed E-state index contributed by atoms with van der Waals surface area (Å²) in [6, 6.07) is 0. The zero-order chi connectivity index (χ0) is 45.1. The summed E-state index contributed by atoms with van der Waals surface area (Å²) in [6.07, 6.45) is -9.17. The Morgan fingerprint density at radius 2 is 0.754 bits per heavy atom. The maximum Gasteiger partial charge on any atom is 0.308 e. The van der Waals surface area contributed by atoms with Gasteiger partial charge in [-0.1, -0.05) is 77.0 Å². The Morgan fingerprint density at radius 1 is 0.443 bits per heavy atom. The third kappa shape index (κ3) is 17.2. The van der Waals surface area contributed by atoms with Crippen LogP contribution >= 0.6 is 0 Å². The average molecular weight is 889 g/mol. The van der Waals surface area contributed by atoms with Gasteiger partial charge in [0.1, 0.15) is 73.2 Å². The number of rotatable bonds is 29. The van der Waals surface area contributed by atoms with Gasteiger partial charge in [0.2, 0.25) is 0 Å². The molecule has 20 heteroatoms. The Bertz CT molecular complexity index is 1170.